The molecule has 0 aliphatic rings. The van der Waals surface area contributed by atoms with Gasteiger partial charge in [-0.25, -0.2) is 14.4 Å². The number of nitrogens with two attached hydrogens (primary N) is 1. The minimum absolute atomic E-state index is 0.339. The third kappa shape index (κ3) is 14.4. The lowest BCUT2D eigenvalue weighted by atomic mass is 10.1. The van der Waals surface area contributed by atoms with Crippen LogP contribution in [0.15, 0.2) is 0 Å². The predicted molar refractivity (Wildman–Crippen MR) is 135 cm³/mol. The van der Waals surface area contributed by atoms with Gasteiger partial charge in [-0.2, -0.15) is 0 Å². The molecular formula is C24H43N5O8. The van der Waals surface area contributed by atoms with Gasteiger partial charge in [0.05, 0.1) is 18.5 Å². The van der Waals surface area contributed by atoms with E-state index in [9.17, 15) is 28.8 Å². The molecule has 6 N–H and O–H groups in total. The number of carbonyl (C=O) groups excluding carboxylic acids is 6. The molecule has 0 aliphatic carbocycles. The van der Waals surface area contributed by atoms with Gasteiger partial charge in [0.1, 0.15) is 18.1 Å². The lowest BCUT2D eigenvalue weighted by molar-refractivity contribution is -0.167. The van der Waals surface area contributed by atoms with Gasteiger partial charge in [-0.3, -0.25) is 14.4 Å². The van der Waals surface area contributed by atoms with E-state index in [4.69, 9.17) is 5.73 Å². The first-order valence-electron chi connectivity index (χ1n) is 12.0. The molecule has 13 heteroatoms. The van der Waals surface area contributed by atoms with Gasteiger partial charge in [-0.05, 0) is 69.2 Å². The Balaban J connectivity index is 4.68. The van der Waals surface area contributed by atoms with Crippen molar-refractivity contribution in [3.05, 3.63) is 0 Å². The molecule has 37 heavy (non-hydrogen) atoms. The summed E-state index contributed by atoms with van der Waals surface area (Å²) in [4.78, 5) is 72.8. The Labute approximate surface area is 218 Å². The average molecular weight is 530 g/mol. The molecular weight excluding hydrogens is 486 g/mol. The molecule has 5 atom stereocenters. The zero-order valence-corrected chi connectivity index (χ0v) is 23.4. The fourth-order valence-electron chi connectivity index (χ4n) is 2.99. The van der Waals surface area contributed by atoms with E-state index < -0.39 is 72.3 Å². The Morgan fingerprint density at radius 1 is 0.622 bits per heavy atom. The van der Waals surface area contributed by atoms with E-state index in [1.807, 2.05) is 41.5 Å². The molecule has 0 bridgehead atoms. The molecule has 0 rings (SSSR count). The minimum atomic E-state index is -1.60. The van der Waals surface area contributed by atoms with Crippen molar-refractivity contribution in [3.63, 3.8) is 0 Å². The van der Waals surface area contributed by atoms with Crippen molar-refractivity contribution in [2.75, 3.05) is 0 Å². The average Bonchev–Trinajstić information content (AvgIpc) is 2.70. The number of esters is 4. The molecule has 0 aromatic rings. The van der Waals surface area contributed by atoms with Crippen LogP contribution in [0.5, 0.6) is 0 Å². The lowest BCUT2D eigenvalue weighted by Crippen LogP contribution is -2.53. The molecule has 0 radical (unpaired) electrons. The zero-order valence-electron chi connectivity index (χ0n) is 23.4. The Bertz CT molecular complexity index is 862. The van der Waals surface area contributed by atoms with Crippen molar-refractivity contribution in [1.29, 1.82) is 0 Å². The summed E-state index contributed by atoms with van der Waals surface area (Å²) < 4.78 is 9.27. The first kappa shape index (κ1) is 34.1. The van der Waals surface area contributed by atoms with Crippen molar-refractivity contribution in [2.24, 2.45) is 5.73 Å². The van der Waals surface area contributed by atoms with Crippen LogP contribution in [-0.2, 0) is 38.2 Å². The van der Waals surface area contributed by atoms with E-state index in [-0.39, 0.29) is 11.1 Å². The van der Waals surface area contributed by atoms with Crippen molar-refractivity contribution < 1.29 is 38.2 Å². The second-order valence-corrected chi connectivity index (χ2v) is 11.0. The molecule has 0 aromatic heterocycles. The summed E-state index contributed by atoms with van der Waals surface area (Å²) in [6, 6.07) is -5.15. The topological polar surface area (TPSA) is 195 Å². The standard InChI is InChI=1S/C24H43N5O8/c1-12(28-23(5,6)7)18(31)26-14(3)20(33)36-17(30)11-16(25)22(35)37-21(34)15(4)27-19(32)13(2)29-24(8,9)10/h12-16,28-29H,11,25H2,1-10H3,(H,26,31)(H,27,32)/t12-,13-,14+,15+,16-/m0/s1. The SMILES string of the molecule is C[C@H](NC(C)(C)C)C(=O)N[C@H](C)C(=O)OC(=O)C[C@H](N)C(=O)OC(=O)[C@@H](C)NC(=O)[C@H](C)NC(C)(C)C. The monoisotopic (exact) mass is 529 g/mol. The number of hydrogen-bond acceptors (Lipinski definition) is 11. The first-order chi connectivity index (χ1) is 16.6. The summed E-state index contributed by atoms with van der Waals surface area (Å²) in [7, 11) is 0. The van der Waals surface area contributed by atoms with Gasteiger partial charge in [-0.1, -0.05) is 0 Å². The second-order valence-electron chi connectivity index (χ2n) is 11.0. The van der Waals surface area contributed by atoms with E-state index in [0.29, 0.717) is 0 Å². The molecule has 0 aromatic carbocycles. The zero-order chi connectivity index (χ0) is 29.3. The first-order valence-corrected chi connectivity index (χ1v) is 12.0. The minimum Gasteiger partial charge on any atom is -0.392 e. The lowest BCUT2D eigenvalue weighted by Gasteiger charge is -2.26. The van der Waals surface area contributed by atoms with Crippen LogP contribution in [0.2, 0.25) is 0 Å². The van der Waals surface area contributed by atoms with Crippen molar-refractivity contribution in [3.8, 4) is 0 Å². The largest absolute Gasteiger partial charge is 0.392 e. The van der Waals surface area contributed by atoms with Gasteiger partial charge < -0.3 is 36.5 Å². The van der Waals surface area contributed by atoms with Gasteiger partial charge in [-0.15, -0.1) is 0 Å². The summed E-state index contributed by atoms with van der Waals surface area (Å²) >= 11 is 0. The molecule has 0 saturated heterocycles. The summed E-state index contributed by atoms with van der Waals surface area (Å²) in [5.74, 6) is -5.46. The van der Waals surface area contributed by atoms with Crippen LogP contribution < -0.4 is 27.0 Å². The maximum absolute atomic E-state index is 12.2. The Hall–Kier alpha value is -2.90. The van der Waals surface area contributed by atoms with E-state index in [2.05, 4.69) is 30.7 Å². The fourth-order valence-corrected chi connectivity index (χ4v) is 2.99. The molecule has 0 unspecified atom stereocenters. The van der Waals surface area contributed by atoms with E-state index >= 15 is 0 Å². The van der Waals surface area contributed by atoms with Crippen LogP contribution in [0.25, 0.3) is 0 Å². The normalized spacial score (nSPS) is 15.9. The summed E-state index contributed by atoms with van der Waals surface area (Å²) in [6.07, 6.45) is -0.756. The summed E-state index contributed by atoms with van der Waals surface area (Å²) in [6.45, 7) is 17.1. The number of rotatable bonds is 11. The van der Waals surface area contributed by atoms with Crippen LogP contribution >= 0.6 is 0 Å². The Kier molecular flexibility index (Phi) is 13.0. The van der Waals surface area contributed by atoms with Crippen LogP contribution in [-0.4, -0.2) is 77.0 Å². The Morgan fingerprint density at radius 2 is 0.973 bits per heavy atom. The summed E-state index contributed by atoms with van der Waals surface area (Å²) in [5.41, 5.74) is 4.92. The number of hydrogen-bond donors (Lipinski definition) is 5. The van der Waals surface area contributed by atoms with Crippen LogP contribution in [0.4, 0.5) is 0 Å². The predicted octanol–water partition coefficient (Wildman–Crippen LogP) is -0.594. The molecule has 0 heterocycles. The number of ether oxygens (including phenoxy) is 2. The van der Waals surface area contributed by atoms with Crippen molar-refractivity contribution in [2.45, 2.75) is 117 Å². The van der Waals surface area contributed by atoms with Crippen LogP contribution in [0, 0.1) is 0 Å². The Morgan fingerprint density at radius 3 is 1.32 bits per heavy atom. The molecule has 13 nitrogen and oxygen atoms in total. The number of carbonyl (C=O) groups is 6. The van der Waals surface area contributed by atoms with Gasteiger partial charge >= 0.3 is 23.9 Å². The fraction of sp³-hybridized carbons (Fsp3) is 0.750. The van der Waals surface area contributed by atoms with Gasteiger partial charge in [0.15, 0.2) is 0 Å². The molecule has 0 saturated carbocycles. The quantitative estimate of drug-likeness (QED) is 0.169. The van der Waals surface area contributed by atoms with E-state index in [1.165, 1.54) is 13.8 Å². The van der Waals surface area contributed by atoms with Gasteiger partial charge in [0.2, 0.25) is 11.8 Å². The molecule has 0 aliphatic heterocycles. The highest BCUT2D eigenvalue weighted by Gasteiger charge is 2.30. The number of nitrogens with one attached hydrogen (secondary N) is 4. The number of amides is 2. The maximum atomic E-state index is 12.2. The van der Waals surface area contributed by atoms with Crippen molar-refractivity contribution >= 4 is 35.7 Å². The van der Waals surface area contributed by atoms with Crippen molar-refractivity contribution in [1.82, 2.24) is 21.3 Å². The third-order valence-electron chi connectivity index (χ3n) is 4.62. The van der Waals surface area contributed by atoms with Crippen LogP contribution in [0.1, 0.15) is 75.7 Å². The second kappa shape index (κ2) is 14.1. The van der Waals surface area contributed by atoms with Gasteiger partial charge in [0.25, 0.3) is 0 Å². The highest BCUT2D eigenvalue weighted by Crippen LogP contribution is 2.04. The maximum Gasteiger partial charge on any atom is 0.336 e. The van der Waals surface area contributed by atoms with Gasteiger partial charge in [0, 0.05) is 11.1 Å². The smallest absolute Gasteiger partial charge is 0.336 e. The highest BCUT2D eigenvalue weighted by atomic mass is 16.6. The molecule has 2 amide bonds. The summed E-state index contributed by atoms with van der Waals surface area (Å²) in [5, 5.41) is 10.9. The van der Waals surface area contributed by atoms with E-state index in [0.717, 1.165) is 0 Å². The van der Waals surface area contributed by atoms with Crippen LogP contribution in [0.3, 0.4) is 0 Å². The van der Waals surface area contributed by atoms with E-state index in [1.54, 1.807) is 13.8 Å². The third-order valence-corrected chi connectivity index (χ3v) is 4.62. The highest BCUT2D eigenvalue weighted by molar-refractivity contribution is 5.96. The molecule has 0 spiro atoms. The molecule has 0 fully saturated rings. The molecule has 212 valence electrons.